The van der Waals surface area contributed by atoms with Crippen molar-refractivity contribution in [1.82, 2.24) is 10.2 Å². The number of nitrogens with zero attached hydrogens (tertiary/aromatic N) is 2. The van der Waals surface area contributed by atoms with Crippen molar-refractivity contribution >= 4 is 54.7 Å². The van der Waals surface area contributed by atoms with E-state index < -0.39 is 10.0 Å². The van der Waals surface area contributed by atoms with Gasteiger partial charge in [0.2, 0.25) is 0 Å². The number of halogens is 2. The zero-order valence-corrected chi connectivity index (χ0v) is 12.4. The molecule has 6 nitrogen and oxygen atoms in total. The molecule has 2 aromatic heterocycles. The lowest BCUT2D eigenvalue weighted by Crippen LogP contribution is -2.12. The fourth-order valence-electron chi connectivity index (χ4n) is 1.09. The Hall–Kier alpha value is -1.08. The van der Waals surface area contributed by atoms with Crippen LogP contribution in [0.25, 0.3) is 0 Å². The predicted octanol–water partition coefficient (Wildman–Crippen LogP) is 2.56. The highest BCUT2D eigenvalue weighted by molar-refractivity contribution is 9.11. The van der Waals surface area contributed by atoms with Crippen LogP contribution in [-0.2, 0) is 10.0 Å². The molecule has 0 bridgehead atoms. The van der Waals surface area contributed by atoms with Gasteiger partial charge in [-0.25, -0.2) is 8.42 Å². The molecule has 0 aliphatic carbocycles. The van der Waals surface area contributed by atoms with Crippen molar-refractivity contribution in [2.75, 3.05) is 4.72 Å². The first-order chi connectivity index (χ1) is 8.44. The molecular formula is C8H4BrClN4O2S2. The molecule has 0 amide bonds. The molecule has 0 aliphatic heterocycles. The molecule has 0 aromatic carbocycles. The van der Waals surface area contributed by atoms with Gasteiger partial charge in [-0.15, -0.1) is 11.3 Å². The summed E-state index contributed by atoms with van der Waals surface area (Å²) in [5.41, 5.74) is 0.111. The molecule has 0 fully saturated rings. The summed E-state index contributed by atoms with van der Waals surface area (Å²) in [6.45, 7) is 0. The summed E-state index contributed by atoms with van der Waals surface area (Å²) in [7, 11) is -3.79. The fraction of sp³-hybridized carbons (Fsp3) is 0. The lowest BCUT2D eigenvalue weighted by molar-refractivity contribution is 0.603. The van der Waals surface area contributed by atoms with Gasteiger partial charge in [-0.3, -0.25) is 9.82 Å². The Morgan fingerprint density at radius 2 is 2.33 bits per heavy atom. The van der Waals surface area contributed by atoms with Crippen molar-refractivity contribution in [2.45, 2.75) is 4.21 Å². The highest BCUT2D eigenvalue weighted by Gasteiger charge is 2.21. The highest BCUT2D eigenvalue weighted by atomic mass is 79.9. The summed E-state index contributed by atoms with van der Waals surface area (Å²) in [5, 5.41) is 15.1. The van der Waals surface area contributed by atoms with Crippen LogP contribution in [0.2, 0.25) is 5.02 Å². The van der Waals surface area contributed by atoms with Crippen LogP contribution in [0.3, 0.4) is 0 Å². The SMILES string of the molecule is N#Cc1cn[nH]c1NS(=O)(=O)c1cc(Cl)c(Br)s1. The molecule has 0 spiro atoms. The number of nitriles is 1. The maximum atomic E-state index is 12.0. The average molecular weight is 368 g/mol. The van der Waals surface area contributed by atoms with Crippen LogP contribution in [-0.4, -0.2) is 18.6 Å². The van der Waals surface area contributed by atoms with Crippen LogP contribution in [0.1, 0.15) is 5.56 Å². The standard InChI is InChI=1S/C8H4BrClN4O2S2/c9-7-5(10)1-6(17-7)18(15,16)14-8-4(2-11)3-12-13-8/h1,3H,(H2,12,13,14). The molecule has 2 heterocycles. The molecule has 94 valence electrons. The Morgan fingerprint density at radius 1 is 1.61 bits per heavy atom. The predicted molar refractivity (Wildman–Crippen MR) is 71.1 cm³/mol. The number of sulfonamides is 1. The topological polar surface area (TPSA) is 98.6 Å². The molecule has 0 aliphatic rings. The largest absolute Gasteiger partial charge is 0.272 e. The fourth-order valence-corrected chi connectivity index (χ4v) is 4.53. The van der Waals surface area contributed by atoms with E-state index in [1.165, 1.54) is 12.3 Å². The Morgan fingerprint density at radius 3 is 2.89 bits per heavy atom. The third kappa shape index (κ3) is 2.51. The number of aromatic amines is 1. The molecule has 0 atom stereocenters. The van der Waals surface area contributed by atoms with Crippen LogP contribution >= 0.6 is 38.9 Å². The third-order valence-corrected chi connectivity index (χ3v) is 6.18. The number of hydrogen-bond acceptors (Lipinski definition) is 5. The van der Waals surface area contributed by atoms with Gasteiger partial charge < -0.3 is 0 Å². The molecule has 18 heavy (non-hydrogen) atoms. The molecule has 10 heteroatoms. The van der Waals surface area contributed by atoms with Crippen LogP contribution in [0.15, 0.2) is 20.3 Å². The first-order valence-electron chi connectivity index (χ1n) is 4.35. The first-order valence-corrected chi connectivity index (χ1v) is 7.82. The summed E-state index contributed by atoms with van der Waals surface area (Å²) < 4.78 is 26.8. The van der Waals surface area contributed by atoms with E-state index >= 15 is 0 Å². The minimum absolute atomic E-state index is 0.0261. The second kappa shape index (κ2) is 4.89. The van der Waals surface area contributed by atoms with Crippen molar-refractivity contribution in [3.8, 4) is 6.07 Å². The minimum Gasteiger partial charge on any atom is -0.262 e. The lowest BCUT2D eigenvalue weighted by atomic mass is 10.4. The van der Waals surface area contributed by atoms with Gasteiger partial charge in [0.1, 0.15) is 15.8 Å². The Bertz CT molecular complexity index is 711. The molecule has 2 rings (SSSR count). The summed E-state index contributed by atoms with van der Waals surface area (Å²) >= 11 is 9.88. The normalized spacial score (nSPS) is 11.2. The van der Waals surface area contributed by atoms with Crippen molar-refractivity contribution < 1.29 is 8.42 Å². The molecule has 0 radical (unpaired) electrons. The molecule has 2 N–H and O–H groups in total. The van der Waals surface area contributed by atoms with E-state index in [4.69, 9.17) is 16.9 Å². The summed E-state index contributed by atoms with van der Waals surface area (Å²) in [4.78, 5) is 0. The van der Waals surface area contributed by atoms with Crippen molar-refractivity contribution in [3.63, 3.8) is 0 Å². The van der Waals surface area contributed by atoms with Crippen LogP contribution in [0, 0.1) is 11.3 Å². The van der Waals surface area contributed by atoms with Gasteiger partial charge in [0, 0.05) is 0 Å². The zero-order chi connectivity index (χ0) is 13.3. The average Bonchev–Trinajstić information content (AvgIpc) is 2.86. The molecule has 0 saturated heterocycles. The van der Waals surface area contributed by atoms with E-state index in [1.54, 1.807) is 0 Å². The van der Waals surface area contributed by atoms with E-state index in [9.17, 15) is 8.42 Å². The molecular weight excluding hydrogens is 364 g/mol. The number of hydrogen-bond donors (Lipinski definition) is 2. The van der Waals surface area contributed by atoms with E-state index in [0.717, 1.165) is 11.3 Å². The summed E-state index contributed by atoms with van der Waals surface area (Å²) in [5.74, 6) is 0.0261. The van der Waals surface area contributed by atoms with Gasteiger partial charge in [-0.05, 0) is 22.0 Å². The Kier molecular flexibility index (Phi) is 3.63. The number of rotatable bonds is 3. The number of thiophene rings is 1. The van der Waals surface area contributed by atoms with Crippen LogP contribution < -0.4 is 4.72 Å². The van der Waals surface area contributed by atoms with E-state index in [-0.39, 0.29) is 15.6 Å². The van der Waals surface area contributed by atoms with Crippen molar-refractivity contribution in [2.24, 2.45) is 0 Å². The smallest absolute Gasteiger partial charge is 0.262 e. The number of anilines is 1. The zero-order valence-electron chi connectivity index (χ0n) is 8.44. The Balaban J connectivity index is 2.36. The first kappa shape index (κ1) is 13.4. The Labute approximate surface area is 120 Å². The van der Waals surface area contributed by atoms with E-state index in [1.807, 2.05) is 6.07 Å². The van der Waals surface area contributed by atoms with E-state index in [2.05, 4.69) is 30.8 Å². The van der Waals surface area contributed by atoms with Gasteiger partial charge in [0.05, 0.1) is 15.0 Å². The maximum Gasteiger partial charge on any atom is 0.272 e. The number of nitrogens with one attached hydrogen (secondary N) is 2. The maximum absolute atomic E-state index is 12.0. The quantitative estimate of drug-likeness (QED) is 0.871. The van der Waals surface area contributed by atoms with Gasteiger partial charge >= 0.3 is 0 Å². The van der Waals surface area contributed by atoms with Gasteiger partial charge in [-0.2, -0.15) is 10.4 Å². The van der Waals surface area contributed by atoms with Gasteiger partial charge in [0.15, 0.2) is 5.82 Å². The van der Waals surface area contributed by atoms with Crippen molar-refractivity contribution in [1.29, 1.82) is 5.26 Å². The van der Waals surface area contributed by atoms with Crippen LogP contribution in [0.5, 0.6) is 0 Å². The van der Waals surface area contributed by atoms with Gasteiger partial charge in [-0.1, -0.05) is 11.6 Å². The van der Waals surface area contributed by atoms with Crippen molar-refractivity contribution in [3.05, 3.63) is 26.6 Å². The monoisotopic (exact) mass is 366 g/mol. The second-order valence-electron chi connectivity index (χ2n) is 3.06. The molecule has 0 saturated carbocycles. The minimum atomic E-state index is -3.79. The number of H-pyrrole nitrogens is 1. The summed E-state index contributed by atoms with van der Waals surface area (Å²) in [6.07, 6.45) is 1.23. The lowest BCUT2D eigenvalue weighted by Gasteiger charge is -2.03. The third-order valence-electron chi connectivity index (χ3n) is 1.88. The highest BCUT2D eigenvalue weighted by Crippen LogP contribution is 2.35. The van der Waals surface area contributed by atoms with E-state index in [0.29, 0.717) is 8.81 Å². The second-order valence-corrected chi connectivity index (χ2v) is 7.75. The number of aromatic nitrogens is 2. The van der Waals surface area contributed by atoms with Crippen LogP contribution in [0.4, 0.5) is 5.82 Å². The molecule has 2 aromatic rings. The van der Waals surface area contributed by atoms with Gasteiger partial charge in [0.25, 0.3) is 10.0 Å². The molecule has 0 unspecified atom stereocenters. The summed E-state index contributed by atoms with van der Waals surface area (Å²) in [6, 6.07) is 3.13.